The molecular formula is C25H20BrN3O7. The van der Waals surface area contributed by atoms with E-state index in [-0.39, 0.29) is 36.3 Å². The maximum Gasteiger partial charge on any atom is 0.373 e. The first-order chi connectivity index (χ1) is 17.3. The number of nitrogens with one attached hydrogen (secondary N) is 2. The maximum atomic E-state index is 12.8. The summed E-state index contributed by atoms with van der Waals surface area (Å²) >= 11 is 3.40. The fourth-order valence-electron chi connectivity index (χ4n) is 3.30. The number of methoxy groups -OCH3 is 1. The molecule has 0 saturated carbocycles. The molecule has 4 amide bonds. The van der Waals surface area contributed by atoms with Crippen LogP contribution in [0.15, 0.2) is 75.3 Å². The number of carbonyl (C=O) groups is 4. The minimum Gasteiger partial charge on any atom is -0.483 e. The smallest absolute Gasteiger partial charge is 0.373 e. The summed E-state index contributed by atoms with van der Waals surface area (Å²) in [6.07, 6.45) is 1.51. The van der Waals surface area contributed by atoms with Crippen LogP contribution in [0.5, 0.6) is 5.75 Å². The van der Waals surface area contributed by atoms with Crippen LogP contribution >= 0.6 is 15.9 Å². The third-order valence-corrected chi connectivity index (χ3v) is 5.63. The van der Waals surface area contributed by atoms with Gasteiger partial charge < -0.3 is 24.5 Å². The summed E-state index contributed by atoms with van der Waals surface area (Å²) in [5.74, 6) is -0.864. The summed E-state index contributed by atoms with van der Waals surface area (Å²) in [4.78, 5) is 49.7. The Morgan fingerprint density at radius 2 is 1.89 bits per heavy atom. The first-order valence-corrected chi connectivity index (χ1v) is 11.4. The zero-order chi connectivity index (χ0) is 25.7. The average molecular weight is 554 g/mol. The normalized spacial score (nSPS) is 14.1. The number of hydrogen-bond acceptors (Lipinski definition) is 7. The highest BCUT2D eigenvalue weighted by atomic mass is 79.9. The summed E-state index contributed by atoms with van der Waals surface area (Å²) in [5.41, 5.74) is 1.35. The van der Waals surface area contributed by atoms with Gasteiger partial charge in [0.25, 0.3) is 11.8 Å². The van der Waals surface area contributed by atoms with Gasteiger partial charge in [-0.3, -0.25) is 14.5 Å². The number of imide groups is 1. The Kier molecular flexibility index (Phi) is 7.50. The van der Waals surface area contributed by atoms with Crippen molar-refractivity contribution in [1.29, 1.82) is 0 Å². The van der Waals surface area contributed by atoms with Gasteiger partial charge in [0, 0.05) is 5.69 Å². The van der Waals surface area contributed by atoms with Gasteiger partial charge in [0.2, 0.25) is 5.76 Å². The van der Waals surface area contributed by atoms with Gasteiger partial charge in [0.1, 0.15) is 17.2 Å². The van der Waals surface area contributed by atoms with Crippen LogP contribution in [0.25, 0.3) is 6.08 Å². The number of esters is 1. The molecule has 1 aromatic heterocycles. The highest BCUT2D eigenvalue weighted by molar-refractivity contribution is 9.10. The molecular weight excluding hydrogens is 534 g/mol. The molecule has 1 aliphatic rings. The van der Waals surface area contributed by atoms with Crippen molar-refractivity contribution in [3.63, 3.8) is 0 Å². The van der Waals surface area contributed by atoms with Gasteiger partial charge in [-0.2, -0.15) is 0 Å². The summed E-state index contributed by atoms with van der Waals surface area (Å²) in [6.45, 7) is -0.345. The number of benzene rings is 2. The molecule has 4 rings (SSSR count). The molecule has 1 saturated heterocycles. The van der Waals surface area contributed by atoms with Gasteiger partial charge in [0.15, 0.2) is 6.61 Å². The second-order valence-electron chi connectivity index (χ2n) is 7.53. The molecule has 11 heteroatoms. The van der Waals surface area contributed by atoms with Gasteiger partial charge >= 0.3 is 12.0 Å². The van der Waals surface area contributed by atoms with Crippen LogP contribution in [0, 0.1) is 0 Å². The molecule has 0 aliphatic carbocycles. The number of hydrogen-bond donors (Lipinski definition) is 2. The fraction of sp³-hybridized carbons (Fsp3) is 0.120. The first-order valence-electron chi connectivity index (χ1n) is 10.6. The van der Waals surface area contributed by atoms with Crippen LogP contribution in [0.2, 0.25) is 0 Å². The van der Waals surface area contributed by atoms with E-state index in [1.807, 2.05) is 18.2 Å². The topological polar surface area (TPSA) is 127 Å². The van der Waals surface area contributed by atoms with E-state index in [0.29, 0.717) is 21.5 Å². The van der Waals surface area contributed by atoms with Crippen LogP contribution in [0.4, 0.5) is 10.5 Å². The van der Waals surface area contributed by atoms with Crippen LogP contribution in [0.1, 0.15) is 21.9 Å². The van der Waals surface area contributed by atoms with E-state index in [4.69, 9.17) is 9.15 Å². The van der Waals surface area contributed by atoms with Gasteiger partial charge in [-0.25, -0.2) is 9.59 Å². The van der Waals surface area contributed by atoms with Crippen LogP contribution in [-0.4, -0.2) is 42.4 Å². The largest absolute Gasteiger partial charge is 0.483 e. The predicted octanol–water partition coefficient (Wildman–Crippen LogP) is 3.94. The minimum atomic E-state index is -0.658. The van der Waals surface area contributed by atoms with Crippen molar-refractivity contribution in [2.75, 3.05) is 19.0 Å². The quantitative estimate of drug-likeness (QED) is 0.245. The lowest BCUT2D eigenvalue weighted by Crippen LogP contribution is -2.30. The van der Waals surface area contributed by atoms with Crippen molar-refractivity contribution in [2.24, 2.45) is 0 Å². The Bertz CT molecular complexity index is 1350. The summed E-state index contributed by atoms with van der Waals surface area (Å²) < 4.78 is 16.0. The van der Waals surface area contributed by atoms with Gasteiger partial charge in [-0.05, 0) is 64.0 Å². The third kappa shape index (κ3) is 5.81. The zero-order valence-electron chi connectivity index (χ0n) is 18.9. The summed E-state index contributed by atoms with van der Waals surface area (Å²) in [5, 5.41) is 5.26. The highest BCUT2D eigenvalue weighted by Gasteiger charge is 2.34. The van der Waals surface area contributed by atoms with Gasteiger partial charge in [-0.15, -0.1) is 0 Å². The van der Waals surface area contributed by atoms with Crippen LogP contribution < -0.4 is 15.4 Å². The molecule has 2 aromatic carbocycles. The van der Waals surface area contributed by atoms with E-state index in [9.17, 15) is 19.2 Å². The maximum absolute atomic E-state index is 12.8. The van der Waals surface area contributed by atoms with Crippen LogP contribution in [0.3, 0.4) is 0 Å². The molecule has 0 radical (unpaired) electrons. The molecule has 2 N–H and O–H groups in total. The number of furan rings is 1. The molecule has 0 spiro atoms. The lowest BCUT2D eigenvalue weighted by atomic mass is 10.2. The number of para-hydroxylation sites is 1. The van der Waals surface area contributed by atoms with Gasteiger partial charge in [-0.1, -0.05) is 24.3 Å². The monoisotopic (exact) mass is 553 g/mol. The number of ether oxygens (including phenoxy) is 2. The van der Waals surface area contributed by atoms with E-state index < -0.39 is 17.9 Å². The minimum absolute atomic E-state index is 0.0278. The van der Waals surface area contributed by atoms with Crippen molar-refractivity contribution < 1.29 is 33.1 Å². The number of anilines is 1. The Labute approximate surface area is 214 Å². The lowest BCUT2D eigenvalue weighted by Gasteiger charge is -2.10. The third-order valence-electron chi connectivity index (χ3n) is 5.01. The second-order valence-corrected chi connectivity index (χ2v) is 8.38. The van der Waals surface area contributed by atoms with Gasteiger partial charge in [0.05, 0.1) is 18.1 Å². The second kappa shape index (κ2) is 10.9. The van der Waals surface area contributed by atoms with E-state index >= 15 is 0 Å². The average Bonchev–Trinajstić information content (AvgIpc) is 3.44. The van der Waals surface area contributed by atoms with E-state index in [2.05, 4.69) is 31.3 Å². The number of carbonyl (C=O) groups excluding carboxylic acids is 4. The standard InChI is InChI=1S/C25H20BrN3O7/c1-34-24(32)21-10-8-17(36-21)13-29-23(31)19(28-25(29)33)12-15-7-9-20(18(26)11-15)35-14-22(30)27-16-5-3-2-4-6-16/h2-12H,13-14H2,1H3,(H,27,30)(H,28,33)/b19-12-. The molecule has 2 heterocycles. The van der Waals surface area contributed by atoms with Crippen molar-refractivity contribution in [3.8, 4) is 5.75 Å². The SMILES string of the molecule is COC(=O)c1ccc(CN2C(=O)N/C(=C\c3ccc(OCC(=O)Nc4ccccc4)c(Br)c3)C2=O)o1. The molecule has 184 valence electrons. The molecule has 0 unspecified atom stereocenters. The molecule has 0 atom stereocenters. The molecule has 10 nitrogen and oxygen atoms in total. The summed E-state index contributed by atoms with van der Waals surface area (Å²) in [7, 11) is 1.22. The predicted molar refractivity (Wildman–Crippen MR) is 132 cm³/mol. The van der Waals surface area contributed by atoms with E-state index in [0.717, 1.165) is 4.90 Å². The molecule has 36 heavy (non-hydrogen) atoms. The summed E-state index contributed by atoms with van der Waals surface area (Å²) in [6, 6.07) is 16.3. The Morgan fingerprint density at radius 3 is 2.61 bits per heavy atom. The lowest BCUT2D eigenvalue weighted by molar-refractivity contribution is -0.123. The molecule has 3 aromatic rings. The number of urea groups is 1. The van der Waals surface area contributed by atoms with Crippen molar-refractivity contribution in [3.05, 3.63) is 87.9 Å². The fourth-order valence-corrected chi connectivity index (χ4v) is 3.81. The first kappa shape index (κ1) is 24.7. The number of halogens is 1. The van der Waals surface area contributed by atoms with Crippen molar-refractivity contribution in [1.82, 2.24) is 10.2 Å². The zero-order valence-corrected chi connectivity index (χ0v) is 20.5. The highest BCUT2D eigenvalue weighted by Crippen LogP contribution is 2.28. The molecule has 1 aliphatic heterocycles. The van der Waals surface area contributed by atoms with Crippen molar-refractivity contribution in [2.45, 2.75) is 6.54 Å². The number of nitrogens with zero attached hydrogens (tertiary/aromatic N) is 1. The Hall–Kier alpha value is -4.38. The Balaban J connectivity index is 1.38. The number of amides is 4. The molecule has 1 fully saturated rings. The van der Waals surface area contributed by atoms with E-state index in [1.54, 1.807) is 30.3 Å². The van der Waals surface area contributed by atoms with Crippen LogP contribution in [-0.2, 0) is 20.9 Å². The molecule has 0 bridgehead atoms. The number of rotatable bonds is 8. The van der Waals surface area contributed by atoms with Crippen molar-refractivity contribution >= 4 is 51.5 Å². The Morgan fingerprint density at radius 1 is 1.11 bits per heavy atom. The van der Waals surface area contributed by atoms with E-state index in [1.165, 1.54) is 25.3 Å².